The number of nitrogens with zero attached hydrogens (tertiary/aromatic N) is 3. The third kappa shape index (κ3) is 4.54. The maximum absolute atomic E-state index is 12.9. The van der Waals surface area contributed by atoms with Crippen LogP contribution < -0.4 is 0 Å². The highest BCUT2D eigenvalue weighted by Crippen LogP contribution is 2.28. The van der Waals surface area contributed by atoms with Crippen molar-refractivity contribution in [3.63, 3.8) is 0 Å². The van der Waals surface area contributed by atoms with E-state index in [1.807, 2.05) is 30.3 Å². The Bertz CT molecular complexity index is 996. The van der Waals surface area contributed by atoms with Gasteiger partial charge in [0.1, 0.15) is 6.61 Å². The number of amides is 1. The molecule has 1 heterocycles. The molecule has 0 aromatic heterocycles. The second-order valence-corrected chi connectivity index (χ2v) is 8.58. The molecule has 2 aromatic carbocycles. The Morgan fingerprint density at radius 3 is 2.45 bits per heavy atom. The number of para-hydroxylation sites is 1. The molecule has 1 saturated heterocycles. The quantitative estimate of drug-likeness (QED) is 0.544. The Morgan fingerprint density at radius 1 is 1.14 bits per heavy atom. The van der Waals surface area contributed by atoms with Gasteiger partial charge in [0.25, 0.3) is 5.69 Å². The number of carbonyl (C=O) groups is 1. The largest absolute Gasteiger partial charge is 0.445 e. The monoisotopic (exact) mass is 419 g/mol. The van der Waals surface area contributed by atoms with E-state index in [0.717, 1.165) is 11.6 Å². The lowest BCUT2D eigenvalue weighted by atomic mass is 10.2. The van der Waals surface area contributed by atoms with Crippen LogP contribution in [0.25, 0.3) is 0 Å². The maximum Gasteiger partial charge on any atom is 0.410 e. The zero-order valence-electron chi connectivity index (χ0n) is 15.8. The highest BCUT2D eigenvalue weighted by Gasteiger charge is 2.37. The number of carbonyl (C=O) groups excluding carboxylic acids is 1. The summed E-state index contributed by atoms with van der Waals surface area (Å²) in [6.07, 6.45) is -0.524. The van der Waals surface area contributed by atoms with E-state index < -0.39 is 32.8 Å². The van der Waals surface area contributed by atoms with Gasteiger partial charge in [-0.05, 0) is 18.6 Å². The number of sulfonamides is 1. The lowest BCUT2D eigenvalue weighted by molar-refractivity contribution is -0.387. The average molecular weight is 419 g/mol. The van der Waals surface area contributed by atoms with Gasteiger partial charge in [-0.2, -0.15) is 4.31 Å². The smallest absolute Gasteiger partial charge is 0.410 e. The molecule has 154 valence electrons. The number of rotatable bonds is 5. The van der Waals surface area contributed by atoms with Crippen molar-refractivity contribution in [2.45, 2.75) is 24.5 Å². The fourth-order valence-electron chi connectivity index (χ4n) is 3.18. The molecular formula is C19H21N3O6S. The summed E-state index contributed by atoms with van der Waals surface area (Å²) in [6, 6.07) is 14.0. The van der Waals surface area contributed by atoms with Gasteiger partial charge in [0.15, 0.2) is 4.90 Å². The number of nitro benzene ring substituents is 1. The number of hydrogen-bond donors (Lipinski definition) is 0. The summed E-state index contributed by atoms with van der Waals surface area (Å²) in [4.78, 5) is 24.0. The first kappa shape index (κ1) is 20.7. The molecule has 1 fully saturated rings. The van der Waals surface area contributed by atoms with E-state index in [4.69, 9.17) is 4.74 Å². The number of nitro groups is 1. The molecule has 0 unspecified atom stereocenters. The molecule has 9 nitrogen and oxygen atoms in total. The standard InChI is InChI=1S/C19H21N3O6S/c1-15-13-20(29(26,27)18-10-6-5-9-17(18)22(24)25)11-12-21(15)19(23)28-14-16-7-3-2-4-8-16/h2-10,15H,11-14H2,1H3/t15-/m0/s1. The molecule has 1 aliphatic heterocycles. The van der Waals surface area contributed by atoms with Gasteiger partial charge in [-0.3, -0.25) is 10.1 Å². The van der Waals surface area contributed by atoms with Crippen LogP contribution in [0.2, 0.25) is 0 Å². The molecule has 1 aliphatic rings. The topological polar surface area (TPSA) is 110 Å². The van der Waals surface area contributed by atoms with Gasteiger partial charge in [-0.1, -0.05) is 42.5 Å². The maximum atomic E-state index is 12.9. The van der Waals surface area contributed by atoms with Crippen molar-refractivity contribution < 1.29 is 22.9 Å². The molecule has 1 atom stereocenters. The number of hydrogen-bond acceptors (Lipinski definition) is 6. The molecule has 0 spiro atoms. The van der Waals surface area contributed by atoms with Crippen LogP contribution in [0.15, 0.2) is 59.5 Å². The molecule has 0 aliphatic carbocycles. The van der Waals surface area contributed by atoms with Gasteiger partial charge in [0.2, 0.25) is 10.0 Å². The number of piperazine rings is 1. The Hall–Kier alpha value is -2.98. The summed E-state index contributed by atoms with van der Waals surface area (Å²) < 4.78 is 32.4. The van der Waals surface area contributed by atoms with E-state index in [0.29, 0.717) is 0 Å². The normalized spacial score (nSPS) is 17.7. The predicted molar refractivity (Wildman–Crippen MR) is 105 cm³/mol. The molecule has 0 radical (unpaired) electrons. The van der Waals surface area contributed by atoms with Crippen LogP contribution in [0.1, 0.15) is 12.5 Å². The second-order valence-electron chi connectivity index (χ2n) is 6.67. The zero-order chi connectivity index (χ0) is 21.0. The summed E-state index contributed by atoms with van der Waals surface area (Å²) in [5, 5.41) is 11.2. The van der Waals surface area contributed by atoms with Gasteiger partial charge in [0.05, 0.1) is 4.92 Å². The van der Waals surface area contributed by atoms with Crippen molar-refractivity contribution in [3.05, 3.63) is 70.3 Å². The molecule has 3 rings (SSSR count). The lowest BCUT2D eigenvalue weighted by Crippen LogP contribution is -2.55. The summed E-state index contributed by atoms with van der Waals surface area (Å²) in [5.41, 5.74) is 0.385. The Kier molecular flexibility index (Phi) is 6.14. The van der Waals surface area contributed by atoms with Crippen molar-refractivity contribution in [2.75, 3.05) is 19.6 Å². The van der Waals surface area contributed by atoms with Gasteiger partial charge in [-0.25, -0.2) is 13.2 Å². The Morgan fingerprint density at radius 2 is 1.79 bits per heavy atom. The zero-order valence-corrected chi connectivity index (χ0v) is 16.6. The second kappa shape index (κ2) is 8.58. The van der Waals surface area contributed by atoms with E-state index in [2.05, 4.69) is 0 Å². The summed E-state index contributed by atoms with van der Waals surface area (Å²) in [6.45, 7) is 2.02. The van der Waals surface area contributed by atoms with Crippen LogP contribution >= 0.6 is 0 Å². The Balaban J connectivity index is 1.68. The van der Waals surface area contributed by atoms with E-state index in [1.165, 1.54) is 27.4 Å². The van der Waals surface area contributed by atoms with Crippen LogP contribution in [0.4, 0.5) is 10.5 Å². The van der Waals surface area contributed by atoms with Crippen LogP contribution in [0, 0.1) is 10.1 Å². The third-order valence-electron chi connectivity index (χ3n) is 4.71. The minimum absolute atomic E-state index is 0.0226. The minimum Gasteiger partial charge on any atom is -0.445 e. The van der Waals surface area contributed by atoms with Crippen molar-refractivity contribution in [2.24, 2.45) is 0 Å². The molecule has 2 aromatic rings. The van der Waals surface area contributed by atoms with E-state index in [1.54, 1.807) is 6.92 Å². The average Bonchev–Trinajstić information content (AvgIpc) is 2.72. The van der Waals surface area contributed by atoms with Gasteiger partial charge in [0, 0.05) is 31.7 Å². The minimum atomic E-state index is -4.06. The number of benzene rings is 2. The fourth-order valence-corrected chi connectivity index (χ4v) is 4.85. The van der Waals surface area contributed by atoms with Crippen LogP contribution in [-0.2, 0) is 21.4 Å². The van der Waals surface area contributed by atoms with E-state index in [-0.39, 0.29) is 31.1 Å². The van der Waals surface area contributed by atoms with E-state index >= 15 is 0 Å². The van der Waals surface area contributed by atoms with Crippen molar-refractivity contribution in [1.29, 1.82) is 0 Å². The van der Waals surface area contributed by atoms with Gasteiger partial charge >= 0.3 is 6.09 Å². The summed E-state index contributed by atoms with van der Waals surface area (Å²) >= 11 is 0. The van der Waals surface area contributed by atoms with Gasteiger partial charge in [-0.15, -0.1) is 0 Å². The van der Waals surface area contributed by atoms with Gasteiger partial charge < -0.3 is 9.64 Å². The van der Waals surface area contributed by atoms with Crippen molar-refractivity contribution in [1.82, 2.24) is 9.21 Å². The van der Waals surface area contributed by atoms with Crippen LogP contribution in [-0.4, -0.2) is 54.3 Å². The molecule has 0 bridgehead atoms. The predicted octanol–water partition coefficient (Wildman–Crippen LogP) is 2.63. The molecule has 29 heavy (non-hydrogen) atoms. The van der Waals surface area contributed by atoms with Crippen molar-refractivity contribution >= 4 is 21.8 Å². The summed E-state index contributed by atoms with van der Waals surface area (Å²) in [5.74, 6) is 0. The Labute approximate surface area is 168 Å². The van der Waals surface area contributed by atoms with E-state index in [9.17, 15) is 23.3 Å². The van der Waals surface area contributed by atoms with Crippen LogP contribution in [0.3, 0.4) is 0 Å². The highest BCUT2D eigenvalue weighted by atomic mass is 32.2. The summed E-state index contributed by atoms with van der Waals surface area (Å²) in [7, 11) is -4.06. The molecule has 0 saturated carbocycles. The number of ether oxygens (including phenoxy) is 1. The van der Waals surface area contributed by atoms with Crippen molar-refractivity contribution in [3.8, 4) is 0 Å². The fraction of sp³-hybridized carbons (Fsp3) is 0.316. The lowest BCUT2D eigenvalue weighted by Gasteiger charge is -2.38. The molecule has 1 amide bonds. The first-order valence-electron chi connectivity index (χ1n) is 9.01. The molecular weight excluding hydrogens is 398 g/mol. The molecule has 0 N–H and O–H groups in total. The SMILES string of the molecule is C[C@H]1CN(S(=O)(=O)c2ccccc2[N+](=O)[O-])CCN1C(=O)OCc1ccccc1. The first-order chi connectivity index (χ1) is 13.8. The highest BCUT2D eigenvalue weighted by molar-refractivity contribution is 7.89. The first-order valence-corrected chi connectivity index (χ1v) is 10.5. The third-order valence-corrected chi connectivity index (χ3v) is 6.62. The van der Waals surface area contributed by atoms with Crippen LogP contribution in [0.5, 0.6) is 0 Å². The molecule has 10 heteroatoms.